The highest BCUT2D eigenvalue weighted by Crippen LogP contribution is 2.15. The number of carbonyl (C=O) groups excluding carboxylic acids is 1. The van der Waals surface area contributed by atoms with E-state index in [0.29, 0.717) is 11.6 Å². The number of aromatic nitrogens is 2. The molecule has 0 bridgehead atoms. The zero-order chi connectivity index (χ0) is 11.5. The molecule has 5 nitrogen and oxygen atoms in total. The lowest BCUT2D eigenvalue weighted by molar-refractivity contribution is 0.0782. The molecule has 1 fully saturated rings. The summed E-state index contributed by atoms with van der Waals surface area (Å²) in [5.41, 5.74) is 0.571. The molecule has 1 aliphatic rings. The first-order valence-corrected chi connectivity index (χ1v) is 5.39. The Morgan fingerprint density at radius 1 is 1.44 bits per heavy atom. The van der Waals surface area contributed by atoms with Crippen LogP contribution in [0.1, 0.15) is 16.8 Å². The second-order valence-electron chi connectivity index (χ2n) is 4.28. The molecular weight excluding hydrogens is 204 g/mol. The molecule has 2 rings (SSSR count). The van der Waals surface area contributed by atoms with E-state index in [0.717, 1.165) is 19.5 Å². The third-order valence-corrected chi connectivity index (χ3v) is 2.99. The van der Waals surface area contributed by atoms with Crippen molar-refractivity contribution in [3.63, 3.8) is 0 Å². The lowest BCUT2D eigenvalue weighted by atomic mass is 10.2. The Labute approximate surface area is 95.1 Å². The fraction of sp³-hybridized carbons (Fsp3) is 0.545. The van der Waals surface area contributed by atoms with Crippen LogP contribution < -0.4 is 0 Å². The third-order valence-electron chi connectivity index (χ3n) is 2.99. The minimum Gasteiger partial charge on any atom is -0.337 e. The van der Waals surface area contributed by atoms with Gasteiger partial charge in [0.1, 0.15) is 6.33 Å². The molecule has 2 heterocycles. The minimum absolute atomic E-state index is 0.0324. The average molecular weight is 220 g/mol. The van der Waals surface area contributed by atoms with Crippen LogP contribution in [0.2, 0.25) is 0 Å². The Bertz CT molecular complexity index is 366. The summed E-state index contributed by atoms with van der Waals surface area (Å²) in [5, 5.41) is 0. The number of nitrogens with zero attached hydrogens (tertiary/aromatic N) is 4. The highest BCUT2D eigenvalue weighted by molar-refractivity contribution is 5.93. The van der Waals surface area contributed by atoms with Crippen molar-refractivity contribution >= 4 is 5.91 Å². The predicted octanol–water partition coefficient (Wildman–Crippen LogP) is 0.253. The number of amides is 1. The topological polar surface area (TPSA) is 49.3 Å². The van der Waals surface area contributed by atoms with Crippen molar-refractivity contribution in [1.29, 1.82) is 0 Å². The quantitative estimate of drug-likeness (QED) is 0.717. The van der Waals surface area contributed by atoms with E-state index in [1.54, 1.807) is 12.4 Å². The maximum absolute atomic E-state index is 12.0. The van der Waals surface area contributed by atoms with Gasteiger partial charge in [0, 0.05) is 31.5 Å². The molecule has 0 spiro atoms. The lowest BCUT2D eigenvalue weighted by Crippen LogP contribution is -2.34. The summed E-state index contributed by atoms with van der Waals surface area (Å²) in [6.45, 7) is 1.61. The SMILES string of the molecule is CN(C)C1CCN(C(=O)c2cncnc2)C1. The Morgan fingerprint density at radius 3 is 2.69 bits per heavy atom. The van der Waals surface area contributed by atoms with Gasteiger partial charge in [-0.05, 0) is 20.5 Å². The first-order valence-electron chi connectivity index (χ1n) is 5.39. The summed E-state index contributed by atoms with van der Waals surface area (Å²) in [6, 6.07) is 0.466. The fourth-order valence-electron chi connectivity index (χ4n) is 1.94. The lowest BCUT2D eigenvalue weighted by Gasteiger charge is -2.20. The van der Waals surface area contributed by atoms with Crippen LogP contribution in [0.15, 0.2) is 18.7 Å². The highest BCUT2D eigenvalue weighted by Gasteiger charge is 2.28. The molecule has 1 aromatic heterocycles. The Kier molecular flexibility index (Phi) is 3.14. The van der Waals surface area contributed by atoms with E-state index in [9.17, 15) is 4.79 Å². The Hall–Kier alpha value is -1.49. The van der Waals surface area contributed by atoms with E-state index in [4.69, 9.17) is 0 Å². The average Bonchev–Trinajstić information content (AvgIpc) is 2.78. The van der Waals surface area contributed by atoms with Gasteiger partial charge < -0.3 is 9.80 Å². The molecular formula is C11H16N4O. The summed E-state index contributed by atoms with van der Waals surface area (Å²) < 4.78 is 0. The van der Waals surface area contributed by atoms with Crippen LogP contribution in [0.5, 0.6) is 0 Å². The molecule has 0 N–H and O–H groups in total. The zero-order valence-corrected chi connectivity index (χ0v) is 9.63. The van der Waals surface area contributed by atoms with E-state index < -0.39 is 0 Å². The van der Waals surface area contributed by atoms with Gasteiger partial charge >= 0.3 is 0 Å². The largest absolute Gasteiger partial charge is 0.337 e. The van der Waals surface area contributed by atoms with Crippen LogP contribution in [0.3, 0.4) is 0 Å². The monoisotopic (exact) mass is 220 g/mol. The van der Waals surface area contributed by atoms with Crippen molar-refractivity contribution in [2.75, 3.05) is 27.2 Å². The van der Waals surface area contributed by atoms with E-state index in [1.807, 2.05) is 19.0 Å². The van der Waals surface area contributed by atoms with Crippen molar-refractivity contribution in [2.24, 2.45) is 0 Å². The normalized spacial score (nSPS) is 20.4. The van der Waals surface area contributed by atoms with E-state index >= 15 is 0 Å². The van der Waals surface area contributed by atoms with Crippen molar-refractivity contribution in [2.45, 2.75) is 12.5 Å². The summed E-state index contributed by atoms with van der Waals surface area (Å²) in [4.78, 5) is 23.8. The number of likely N-dealkylation sites (N-methyl/N-ethyl adjacent to an activating group) is 1. The summed E-state index contributed by atoms with van der Waals surface area (Å²) in [7, 11) is 4.09. The van der Waals surface area contributed by atoms with Gasteiger partial charge in [0.25, 0.3) is 5.91 Å². The molecule has 1 aliphatic heterocycles. The smallest absolute Gasteiger partial charge is 0.257 e. The van der Waals surface area contributed by atoms with E-state index in [1.165, 1.54) is 6.33 Å². The molecule has 0 saturated carbocycles. The molecule has 1 unspecified atom stereocenters. The van der Waals surface area contributed by atoms with Crippen molar-refractivity contribution < 1.29 is 4.79 Å². The molecule has 16 heavy (non-hydrogen) atoms. The van der Waals surface area contributed by atoms with Crippen LogP contribution in [0, 0.1) is 0 Å². The standard InChI is InChI=1S/C11H16N4O/c1-14(2)10-3-4-15(7-10)11(16)9-5-12-8-13-6-9/h5-6,8,10H,3-4,7H2,1-2H3. The summed E-state index contributed by atoms with van der Waals surface area (Å²) in [6.07, 6.45) is 5.60. The van der Waals surface area contributed by atoms with Gasteiger partial charge in [-0.3, -0.25) is 4.79 Å². The van der Waals surface area contributed by atoms with Crippen LogP contribution in [0.4, 0.5) is 0 Å². The summed E-state index contributed by atoms with van der Waals surface area (Å²) in [5.74, 6) is 0.0324. The number of carbonyl (C=O) groups is 1. The van der Waals surface area contributed by atoms with Gasteiger partial charge in [-0.15, -0.1) is 0 Å². The molecule has 0 aliphatic carbocycles. The van der Waals surface area contributed by atoms with Crippen LogP contribution >= 0.6 is 0 Å². The molecule has 1 aromatic rings. The fourth-order valence-corrected chi connectivity index (χ4v) is 1.94. The van der Waals surface area contributed by atoms with Crippen LogP contribution in [-0.2, 0) is 0 Å². The van der Waals surface area contributed by atoms with Gasteiger partial charge in [0.15, 0.2) is 0 Å². The number of hydrogen-bond donors (Lipinski definition) is 0. The van der Waals surface area contributed by atoms with Crippen molar-refractivity contribution in [3.8, 4) is 0 Å². The second kappa shape index (κ2) is 4.57. The van der Waals surface area contributed by atoms with Crippen molar-refractivity contribution in [3.05, 3.63) is 24.3 Å². The van der Waals surface area contributed by atoms with Gasteiger partial charge in [-0.1, -0.05) is 0 Å². The predicted molar refractivity (Wildman–Crippen MR) is 60.0 cm³/mol. The first-order chi connectivity index (χ1) is 7.68. The number of likely N-dealkylation sites (tertiary alicyclic amines) is 1. The van der Waals surface area contributed by atoms with Gasteiger partial charge in [-0.25, -0.2) is 9.97 Å². The molecule has 1 saturated heterocycles. The van der Waals surface area contributed by atoms with Crippen molar-refractivity contribution in [1.82, 2.24) is 19.8 Å². The second-order valence-corrected chi connectivity index (χ2v) is 4.28. The first kappa shape index (κ1) is 11.0. The maximum Gasteiger partial charge on any atom is 0.257 e. The highest BCUT2D eigenvalue weighted by atomic mass is 16.2. The maximum atomic E-state index is 12.0. The van der Waals surface area contributed by atoms with Gasteiger partial charge in [-0.2, -0.15) is 0 Å². The van der Waals surface area contributed by atoms with Gasteiger partial charge in [0.2, 0.25) is 0 Å². The van der Waals surface area contributed by atoms with E-state index in [2.05, 4.69) is 14.9 Å². The zero-order valence-electron chi connectivity index (χ0n) is 9.63. The van der Waals surface area contributed by atoms with Crippen LogP contribution in [0.25, 0.3) is 0 Å². The molecule has 0 radical (unpaired) electrons. The third kappa shape index (κ3) is 2.19. The van der Waals surface area contributed by atoms with E-state index in [-0.39, 0.29) is 5.91 Å². The molecule has 5 heteroatoms. The summed E-state index contributed by atoms with van der Waals surface area (Å²) >= 11 is 0. The Balaban J connectivity index is 2.03. The minimum atomic E-state index is 0.0324. The van der Waals surface area contributed by atoms with Gasteiger partial charge in [0.05, 0.1) is 5.56 Å². The number of rotatable bonds is 2. The number of hydrogen-bond acceptors (Lipinski definition) is 4. The molecule has 0 aromatic carbocycles. The Morgan fingerprint density at radius 2 is 2.12 bits per heavy atom. The van der Waals surface area contributed by atoms with Crippen LogP contribution in [-0.4, -0.2) is 58.9 Å². The molecule has 1 amide bonds. The molecule has 1 atom stereocenters. The molecule has 86 valence electrons.